The summed E-state index contributed by atoms with van der Waals surface area (Å²) in [7, 11) is 3.25. The van der Waals surface area contributed by atoms with Gasteiger partial charge in [0, 0.05) is 14.2 Å². The van der Waals surface area contributed by atoms with Crippen molar-refractivity contribution in [1.29, 1.82) is 0 Å². The summed E-state index contributed by atoms with van der Waals surface area (Å²) in [5.41, 5.74) is 0. The fraction of sp³-hybridized carbons (Fsp3) is 0.750. The Balaban J connectivity index is 0. The average molecular weight is 219 g/mol. The van der Waals surface area contributed by atoms with Crippen LogP contribution in [0.2, 0.25) is 0 Å². The van der Waals surface area contributed by atoms with E-state index in [-0.39, 0.29) is 28.1 Å². The molecule has 0 N–H and O–H groups in total. The number of ether oxygens (including phenoxy) is 1. The first-order valence-electron chi connectivity index (χ1n) is 4.10. The molecule has 0 fully saturated rings. The van der Waals surface area contributed by atoms with Crippen molar-refractivity contribution in [2.24, 2.45) is 0 Å². The van der Waals surface area contributed by atoms with Gasteiger partial charge in [0.2, 0.25) is 0 Å². The summed E-state index contributed by atoms with van der Waals surface area (Å²) in [6.07, 6.45) is -0.103. The van der Waals surface area contributed by atoms with E-state index in [1.54, 1.807) is 21.1 Å². The predicted molar refractivity (Wildman–Crippen MR) is 51.7 cm³/mol. The second-order valence-corrected chi connectivity index (χ2v) is 3.39. The molecule has 0 saturated carbocycles. The lowest BCUT2D eigenvalue weighted by atomic mass is 10.3. The van der Waals surface area contributed by atoms with Crippen LogP contribution in [0.3, 0.4) is 0 Å². The van der Waals surface area contributed by atoms with E-state index in [9.17, 15) is 9.59 Å². The molecule has 0 heterocycles. The van der Waals surface area contributed by atoms with Crippen LogP contribution in [0.1, 0.15) is 20.3 Å². The van der Waals surface area contributed by atoms with Gasteiger partial charge < -0.3 is 12.3 Å². The molecule has 5 nitrogen and oxygen atoms in total. The third-order valence-electron chi connectivity index (χ3n) is 0.891. The molecule has 0 aromatic rings. The molecule has 0 aliphatic rings. The van der Waals surface area contributed by atoms with Crippen LogP contribution >= 0.6 is 0 Å². The van der Waals surface area contributed by atoms with E-state index in [2.05, 4.69) is 12.3 Å². The largest absolute Gasteiger partial charge is 0.667 e. The van der Waals surface area contributed by atoms with E-state index in [1.807, 2.05) is 0 Å². The summed E-state index contributed by atoms with van der Waals surface area (Å²) in [6.45, 7) is 3.40. The van der Waals surface area contributed by atoms with Gasteiger partial charge in [0.1, 0.15) is 12.2 Å². The molecule has 0 aromatic heterocycles. The van der Waals surface area contributed by atoms with Gasteiger partial charge in [-0.05, 0) is 13.8 Å². The summed E-state index contributed by atoms with van der Waals surface area (Å²) < 4.78 is 13.6. The van der Waals surface area contributed by atoms with E-state index >= 15 is 0 Å². The number of Topliss-reactive ketones (excluding diaryl/α,β-unsaturated/α-hetero) is 1. The molecule has 1 radical (unpaired) electrons. The highest BCUT2D eigenvalue weighted by atomic mass is 27.2. The lowest BCUT2D eigenvalue weighted by Crippen LogP contribution is -2.07. The van der Waals surface area contributed by atoms with Gasteiger partial charge in [-0.25, -0.2) is 0 Å². The molecule has 81 valence electrons. The number of hydrogen-bond donors (Lipinski definition) is 0. The number of hydrogen-bond acceptors (Lipinski definition) is 5. The molecule has 0 aliphatic heterocycles. The molecule has 0 rings (SSSR count). The standard InChI is InChI=1S/C6H10O3.2CH3O.Al/c1-3-9-6(8)4-5(2)7;2*1-2;/h3-4H2,1-2H3;2*1H3;/q;2*-1;+2. The van der Waals surface area contributed by atoms with Crippen molar-refractivity contribution in [1.82, 2.24) is 0 Å². The summed E-state index contributed by atoms with van der Waals surface area (Å²) in [5.74, 6) is -0.599. The first-order valence-corrected chi connectivity index (χ1v) is 5.05. The highest BCUT2D eigenvalue weighted by Gasteiger charge is 2.03. The highest BCUT2D eigenvalue weighted by Crippen LogP contribution is 1.86. The zero-order valence-corrected chi connectivity index (χ0v) is 10.2. The van der Waals surface area contributed by atoms with Gasteiger partial charge in [-0.3, -0.25) is 9.59 Å². The van der Waals surface area contributed by atoms with E-state index < -0.39 is 5.97 Å². The topological polar surface area (TPSA) is 61.8 Å². The molecule has 14 heavy (non-hydrogen) atoms. The van der Waals surface area contributed by atoms with Crippen molar-refractivity contribution >= 4 is 27.6 Å². The molecular weight excluding hydrogens is 203 g/mol. The number of rotatable bonds is 5. The smallest absolute Gasteiger partial charge is 0.486 e. The van der Waals surface area contributed by atoms with Crippen LogP contribution in [0.25, 0.3) is 0 Å². The zero-order valence-electron chi connectivity index (χ0n) is 9.03. The van der Waals surface area contributed by atoms with Crippen molar-refractivity contribution in [3.05, 3.63) is 0 Å². The minimum atomic E-state index is -0.440. The van der Waals surface area contributed by atoms with Crippen LogP contribution in [0.15, 0.2) is 0 Å². The van der Waals surface area contributed by atoms with Crippen LogP contribution in [-0.4, -0.2) is 48.5 Å². The minimum Gasteiger partial charge on any atom is -0.486 e. The normalized spacial score (nSPS) is 8.29. The van der Waals surface area contributed by atoms with Crippen LogP contribution in [0, 0.1) is 0 Å². The van der Waals surface area contributed by atoms with Crippen molar-refractivity contribution in [3.63, 3.8) is 0 Å². The molecular formula is C8H16AlO5. The molecule has 6 heteroatoms. The third kappa shape index (κ3) is 17.6. The molecule has 0 unspecified atom stereocenters. The summed E-state index contributed by atoms with van der Waals surface area (Å²) >= 11 is -0.185. The lowest BCUT2D eigenvalue weighted by molar-refractivity contribution is -0.145. The number of esters is 1. The van der Waals surface area contributed by atoms with Crippen LogP contribution in [-0.2, 0) is 21.9 Å². The summed E-state index contributed by atoms with van der Waals surface area (Å²) in [6, 6.07) is 0. The monoisotopic (exact) mass is 219 g/mol. The van der Waals surface area contributed by atoms with E-state index in [0.717, 1.165) is 0 Å². The Hall–Kier alpha value is -0.408. The Morgan fingerprint density at radius 3 is 1.93 bits per heavy atom. The van der Waals surface area contributed by atoms with Gasteiger partial charge in [0.15, 0.2) is 0 Å². The van der Waals surface area contributed by atoms with E-state index in [4.69, 9.17) is 0 Å². The Morgan fingerprint density at radius 1 is 1.21 bits per heavy atom. The summed E-state index contributed by atoms with van der Waals surface area (Å²) in [5, 5.41) is 0. The maximum atomic E-state index is 10.4. The van der Waals surface area contributed by atoms with Gasteiger partial charge in [0.05, 0.1) is 6.61 Å². The van der Waals surface area contributed by atoms with Gasteiger partial charge in [-0.2, -0.15) is 0 Å². The Morgan fingerprint density at radius 2 is 1.71 bits per heavy atom. The van der Waals surface area contributed by atoms with Gasteiger partial charge in [-0.1, -0.05) is 0 Å². The van der Waals surface area contributed by atoms with Crippen molar-refractivity contribution < 1.29 is 21.9 Å². The maximum absolute atomic E-state index is 10.4. The highest BCUT2D eigenvalue weighted by molar-refractivity contribution is 6.17. The quantitative estimate of drug-likeness (QED) is 0.379. The number of carbonyl (C=O) groups is 2. The molecule has 0 aromatic carbocycles. The second-order valence-electron chi connectivity index (χ2n) is 2.25. The molecule has 0 atom stereocenters. The fourth-order valence-electron chi connectivity index (χ4n) is 0.512. The average Bonchev–Trinajstić information content (AvgIpc) is 2.05. The van der Waals surface area contributed by atoms with Crippen molar-refractivity contribution in [3.8, 4) is 0 Å². The molecule has 0 amide bonds. The first kappa shape index (κ1) is 16.0. The van der Waals surface area contributed by atoms with Gasteiger partial charge in [0.25, 0.3) is 0 Å². The molecule has 0 saturated heterocycles. The van der Waals surface area contributed by atoms with Crippen molar-refractivity contribution in [2.45, 2.75) is 20.3 Å². The van der Waals surface area contributed by atoms with Crippen LogP contribution in [0.5, 0.6) is 0 Å². The zero-order chi connectivity index (χ0) is 11.4. The van der Waals surface area contributed by atoms with Crippen LogP contribution < -0.4 is 0 Å². The van der Waals surface area contributed by atoms with Crippen LogP contribution in [0.4, 0.5) is 0 Å². The van der Waals surface area contributed by atoms with Gasteiger partial charge >= 0.3 is 21.9 Å². The van der Waals surface area contributed by atoms with E-state index in [1.165, 1.54) is 6.92 Å². The fourth-order valence-corrected chi connectivity index (χ4v) is 0.704. The molecule has 0 aliphatic carbocycles. The first-order chi connectivity index (χ1) is 6.58. The molecule has 0 spiro atoms. The second kappa shape index (κ2) is 12.6. The SMILES string of the molecule is CCOC(=O)CC(C)=O.C[O][Al][O]C. The minimum absolute atomic E-state index is 0.103. The Bertz CT molecular complexity index is 158. The summed E-state index contributed by atoms with van der Waals surface area (Å²) in [4.78, 5) is 20.6. The third-order valence-corrected chi connectivity index (χ3v) is 1.28. The number of carbonyl (C=O) groups excluding carboxylic acids is 2. The molecule has 0 bridgehead atoms. The Labute approximate surface area is 91.1 Å². The van der Waals surface area contributed by atoms with E-state index in [0.29, 0.717) is 6.61 Å². The maximum Gasteiger partial charge on any atom is 0.667 e. The van der Waals surface area contributed by atoms with Gasteiger partial charge in [-0.15, -0.1) is 0 Å². The Kier molecular flexibility index (Phi) is 14.4. The lowest BCUT2D eigenvalue weighted by Gasteiger charge is -1.96. The number of ketones is 1. The predicted octanol–water partition coefficient (Wildman–Crippen LogP) is 0.342. The van der Waals surface area contributed by atoms with Crippen molar-refractivity contribution in [2.75, 3.05) is 20.8 Å².